The van der Waals surface area contributed by atoms with Gasteiger partial charge < -0.3 is 15.0 Å². The Morgan fingerprint density at radius 1 is 1.24 bits per heavy atom. The lowest BCUT2D eigenvalue weighted by Crippen LogP contribution is -2.46. The molecule has 1 heterocycles. The van der Waals surface area contributed by atoms with Crippen molar-refractivity contribution in [1.29, 1.82) is 0 Å². The Bertz CT molecular complexity index is 442. The second kappa shape index (κ2) is 7.78. The van der Waals surface area contributed by atoms with Crippen LogP contribution in [0, 0.1) is 6.92 Å². The molecule has 4 heteroatoms. The van der Waals surface area contributed by atoms with Gasteiger partial charge in [-0.2, -0.15) is 0 Å². The molecule has 0 saturated carbocycles. The van der Waals surface area contributed by atoms with Gasteiger partial charge in [0, 0.05) is 50.9 Å². The van der Waals surface area contributed by atoms with Gasteiger partial charge in [-0.1, -0.05) is 17.7 Å². The van der Waals surface area contributed by atoms with E-state index in [0.717, 1.165) is 18.8 Å². The zero-order valence-electron chi connectivity index (χ0n) is 13.9. The summed E-state index contributed by atoms with van der Waals surface area (Å²) in [5.74, 6) is 0.972. The monoisotopic (exact) mass is 291 g/mol. The van der Waals surface area contributed by atoms with Gasteiger partial charge in [-0.25, -0.2) is 0 Å². The summed E-state index contributed by atoms with van der Waals surface area (Å²) >= 11 is 0. The lowest BCUT2D eigenvalue weighted by molar-refractivity contribution is 0.154. The van der Waals surface area contributed by atoms with Crippen LogP contribution in [0.3, 0.4) is 0 Å². The van der Waals surface area contributed by atoms with Gasteiger partial charge in [-0.3, -0.25) is 4.90 Å². The predicted octanol–water partition coefficient (Wildman–Crippen LogP) is 1.90. The van der Waals surface area contributed by atoms with E-state index in [1.807, 2.05) is 0 Å². The first-order chi connectivity index (χ1) is 10.1. The number of likely N-dealkylation sites (N-methyl/N-ethyl adjacent to an activating group) is 1. The van der Waals surface area contributed by atoms with Crippen LogP contribution in [0.1, 0.15) is 24.1 Å². The van der Waals surface area contributed by atoms with E-state index in [2.05, 4.69) is 54.2 Å². The van der Waals surface area contributed by atoms with E-state index < -0.39 is 0 Å². The van der Waals surface area contributed by atoms with Crippen molar-refractivity contribution < 1.29 is 4.74 Å². The SMILES string of the molecule is COc1ccc(C)cc1C(C)NCCN1CCN(C)CC1. The van der Waals surface area contributed by atoms with Crippen LogP contribution in [0.4, 0.5) is 0 Å². The number of hydrogen-bond acceptors (Lipinski definition) is 4. The fourth-order valence-corrected chi connectivity index (χ4v) is 2.81. The molecule has 2 rings (SSSR count). The van der Waals surface area contributed by atoms with Crippen LogP contribution < -0.4 is 10.1 Å². The van der Waals surface area contributed by atoms with E-state index >= 15 is 0 Å². The average Bonchev–Trinajstić information content (AvgIpc) is 2.49. The largest absolute Gasteiger partial charge is 0.496 e. The minimum atomic E-state index is 0.312. The van der Waals surface area contributed by atoms with Crippen LogP contribution in [-0.4, -0.2) is 63.2 Å². The number of piperazine rings is 1. The second-order valence-corrected chi connectivity index (χ2v) is 6.07. The summed E-state index contributed by atoms with van der Waals surface area (Å²) < 4.78 is 5.47. The summed E-state index contributed by atoms with van der Waals surface area (Å²) in [6, 6.07) is 6.68. The molecular formula is C17H29N3O. The minimum absolute atomic E-state index is 0.312. The number of aryl methyl sites for hydroxylation is 1. The van der Waals surface area contributed by atoms with Gasteiger partial charge in [-0.05, 0) is 27.0 Å². The molecular weight excluding hydrogens is 262 g/mol. The molecule has 0 spiro atoms. The van der Waals surface area contributed by atoms with Crippen LogP contribution in [0.5, 0.6) is 5.75 Å². The first kappa shape index (κ1) is 16.3. The molecule has 1 aliphatic rings. The van der Waals surface area contributed by atoms with Crippen molar-refractivity contribution >= 4 is 0 Å². The lowest BCUT2D eigenvalue weighted by atomic mass is 10.0. The predicted molar refractivity (Wildman–Crippen MR) is 88.1 cm³/mol. The highest BCUT2D eigenvalue weighted by atomic mass is 16.5. The molecule has 1 fully saturated rings. The summed E-state index contributed by atoms with van der Waals surface area (Å²) in [6.45, 7) is 11.2. The molecule has 21 heavy (non-hydrogen) atoms. The fourth-order valence-electron chi connectivity index (χ4n) is 2.81. The molecule has 0 radical (unpaired) electrons. The normalized spacial score (nSPS) is 18.7. The number of hydrogen-bond donors (Lipinski definition) is 1. The molecule has 1 N–H and O–H groups in total. The van der Waals surface area contributed by atoms with E-state index in [9.17, 15) is 0 Å². The van der Waals surface area contributed by atoms with E-state index in [4.69, 9.17) is 4.74 Å². The standard InChI is InChI=1S/C17H29N3O/c1-14-5-6-17(21-4)16(13-14)15(2)18-7-8-20-11-9-19(3)10-12-20/h5-6,13,15,18H,7-12H2,1-4H3. The van der Waals surface area contributed by atoms with Crippen LogP contribution in [0.2, 0.25) is 0 Å². The van der Waals surface area contributed by atoms with Gasteiger partial charge in [0.2, 0.25) is 0 Å². The van der Waals surface area contributed by atoms with Crippen molar-refractivity contribution in [2.24, 2.45) is 0 Å². The Balaban J connectivity index is 1.81. The molecule has 1 aromatic rings. The maximum Gasteiger partial charge on any atom is 0.123 e. The number of methoxy groups -OCH3 is 1. The summed E-state index contributed by atoms with van der Waals surface area (Å²) in [5, 5.41) is 3.62. The smallest absolute Gasteiger partial charge is 0.123 e. The number of rotatable bonds is 6. The van der Waals surface area contributed by atoms with Gasteiger partial charge in [0.25, 0.3) is 0 Å². The lowest BCUT2D eigenvalue weighted by Gasteiger charge is -2.32. The quantitative estimate of drug-likeness (QED) is 0.866. The van der Waals surface area contributed by atoms with Crippen LogP contribution in [0.25, 0.3) is 0 Å². The Morgan fingerprint density at radius 3 is 2.62 bits per heavy atom. The molecule has 1 atom stereocenters. The number of nitrogens with zero attached hydrogens (tertiary/aromatic N) is 2. The molecule has 0 bridgehead atoms. The molecule has 1 unspecified atom stereocenters. The third-order valence-electron chi connectivity index (χ3n) is 4.33. The van der Waals surface area contributed by atoms with Gasteiger partial charge >= 0.3 is 0 Å². The highest BCUT2D eigenvalue weighted by Gasteiger charge is 2.15. The maximum absolute atomic E-state index is 5.47. The van der Waals surface area contributed by atoms with Crippen LogP contribution in [-0.2, 0) is 0 Å². The Hall–Kier alpha value is -1.10. The van der Waals surface area contributed by atoms with Crippen molar-refractivity contribution in [2.45, 2.75) is 19.9 Å². The third-order valence-corrected chi connectivity index (χ3v) is 4.33. The average molecular weight is 291 g/mol. The molecule has 118 valence electrons. The molecule has 0 amide bonds. The number of ether oxygens (including phenoxy) is 1. The van der Waals surface area contributed by atoms with Gasteiger partial charge in [-0.15, -0.1) is 0 Å². The highest BCUT2D eigenvalue weighted by Crippen LogP contribution is 2.25. The van der Waals surface area contributed by atoms with Gasteiger partial charge in [0.05, 0.1) is 7.11 Å². The Kier molecular flexibility index (Phi) is 6.03. The van der Waals surface area contributed by atoms with Gasteiger partial charge in [0.1, 0.15) is 5.75 Å². The zero-order valence-corrected chi connectivity index (χ0v) is 13.9. The molecule has 1 aliphatic heterocycles. The first-order valence-electron chi connectivity index (χ1n) is 7.89. The van der Waals surface area contributed by atoms with Crippen molar-refractivity contribution in [3.63, 3.8) is 0 Å². The molecule has 0 aliphatic carbocycles. The molecule has 1 saturated heterocycles. The minimum Gasteiger partial charge on any atom is -0.496 e. The topological polar surface area (TPSA) is 27.7 Å². The van der Waals surface area contributed by atoms with Crippen molar-refractivity contribution in [2.75, 3.05) is 53.4 Å². The summed E-state index contributed by atoms with van der Waals surface area (Å²) in [4.78, 5) is 4.93. The molecule has 0 aromatic heterocycles. The second-order valence-electron chi connectivity index (χ2n) is 6.07. The first-order valence-corrected chi connectivity index (χ1v) is 7.89. The fraction of sp³-hybridized carbons (Fsp3) is 0.647. The Morgan fingerprint density at radius 2 is 1.95 bits per heavy atom. The number of benzene rings is 1. The van der Waals surface area contributed by atoms with E-state index in [-0.39, 0.29) is 0 Å². The van der Waals surface area contributed by atoms with Crippen LogP contribution >= 0.6 is 0 Å². The van der Waals surface area contributed by atoms with Gasteiger partial charge in [0.15, 0.2) is 0 Å². The maximum atomic E-state index is 5.47. The summed E-state index contributed by atoms with van der Waals surface area (Å²) in [5.41, 5.74) is 2.52. The zero-order chi connectivity index (χ0) is 15.2. The van der Waals surface area contributed by atoms with E-state index in [1.165, 1.54) is 37.3 Å². The van der Waals surface area contributed by atoms with Crippen LogP contribution in [0.15, 0.2) is 18.2 Å². The molecule has 1 aromatic carbocycles. The van der Waals surface area contributed by atoms with Crippen molar-refractivity contribution in [1.82, 2.24) is 15.1 Å². The highest BCUT2D eigenvalue weighted by molar-refractivity contribution is 5.38. The van der Waals surface area contributed by atoms with E-state index in [0.29, 0.717) is 6.04 Å². The Labute approximate surface area is 129 Å². The van der Waals surface area contributed by atoms with Crippen molar-refractivity contribution in [3.8, 4) is 5.75 Å². The third kappa shape index (κ3) is 4.70. The summed E-state index contributed by atoms with van der Waals surface area (Å²) in [7, 11) is 3.94. The summed E-state index contributed by atoms with van der Waals surface area (Å²) in [6.07, 6.45) is 0. The van der Waals surface area contributed by atoms with E-state index in [1.54, 1.807) is 7.11 Å². The molecule has 4 nitrogen and oxygen atoms in total. The number of nitrogens with one attached hydrogen (secondary N) is 1. The van der Waals surface area contributed by atoms with Crippen molar-refractivity contribution in [3.05, 3.63) is 29.3 Å².